The first kappa shape index (κ1) is 14.4. The van der Waals surface area contributed by atoms with Crippen LogP contribution in [0.3, 0.4) is 0 Å². The van der Waals surface area contributed by atoms with Crippen LogP contribution in [0, 0.1) is 13.8 Å². The largest absolute Gasteiger partial charge is 0.497 e. The van der Waals surface area contributed by atoms with Crippen molar-refractivity contribution in [3.63, 3.8) is 0 Å². The number of hydrogen-bond donors (Lipinski definition) is 0. The molecule has 0 aliphatic heterocycles. The van der Waals surface area contributed by atoms with Gasteiger partial charge >= 0.3 is 0 Å². The molecule has 0 fully saturated rings. The van der Waals surface area contributed by atoms with Gasteiger partial charge in [-0.05, 0) is 43.2 Å². The summed E-state index contributed by atoms with van der Waals surface area (Å²) in [6.07, 6.45) is 4.04. The number of hydrogen-bond acceptors (Lipinski definition) is 2. The zero-order chi connectivity index (χ0) is 15.7. The van der Waals surface area contributed by atoms with Crippen LogP contribution in [0.5, 0.6) is 5.75 Å². The molecule has 0 radical (unpaired) electrons. The molecule has 112 valence electrons. The van der Waals surface area contributed by atoms with Gasteiger partial charge in [0.15, 0.2) is 0 Å². The summed E-state index contributed by atoms with van der Waals surface area (Å²) in [5.41, 5.74) is 5.69. The van der Waals surface area contributed by atoms with Gasteiger partial charge in [0, 0.05) is 35.9 Å². The first-order valence-corrected chi connectivity index (χ1v) is 7.33. The molecule has 0 atom stereocenters. The molecule has 1 aromatic heterocycles. The molecule has 1 heterocycles. The van der Waals surface area contributed by atoms with Crippen molar-refractivity contribution in [3.8, 4) is 5.75 Å². The Morgan fingerprint density at radius 3 is 2.50 bits per heavy atom. The van der Waals surface area contributed by atoms with Crippen LogP contribution in [0.25, 0.3) is 10.9 Å². The van der Waals surface area contributed by atoms with Crippen molar-refractivity contribution in [2.45, 2.75) is 13.8 Å². The molecule has 0 saturated carbocycles. The summed E-state index contributed by atoms with van der Waals surface area (Å²) >= 11 is 0. The Labute approximate surface area is 130 Å². The van der Waals surface area contributed by atoms with E-state index >= 15 is 0 Å². The highest BCUT2D eigenvalue weighted by molar-refractivity contribution is 6.00. The lowest BCUT2D eigenvalue weighted by Crippen LogP contribution is -1.85. The summed E-state index contributed by atoms with van der Waals surface area (Å²) in [6, 6.07) is 12.4. The quantitative estimate of drug-likeness (QED) is 0.650. The molecule has 0 aliphatic rings. The number of nitrogens with zero attached hydrogens (tertiary/aromatic N) is 2. The van der Waals surface area contributed by atoms with Gasteiger partial charge in [0.05, 0.1) is 12.8 Å². The molecule has 3 nitrogen and oxygen atoms in total. The molecule has 3 rings (SSSR count). The molecule has 0 unspecified atom stereocenters. The lowest BCUT2D eigenvalue weighted by molar-refractivity contribution is 0.415. The average molecular weight is 292 g/mol. The normalized spacial score (nSPS) is 11.5. The van der Waals surface area contributed by atoms with Gasteiger partial charge in [-0.1, -0.05) is 18.2 Å². The fraction of sp³-hybridized carbons (Fsp3) is 0.211. The maximum absolute atomic E-state index is 5.33. The Balaban J connectivity index is 2.09. The number of fused-ring (bicyclic) bond motifs is 1. The SMILES string of the molecule is COc1ccc2c(c1)c(C=Nc1c(C)cccc1C)cn2C. The van der Waals surface area contributed by atoms with E-state index in [1.54, 1.807) is 7.11 Å². The number of aryl methyl sites for hydroxylation is 3. The van der Waals surface area contributed by atoms with Crippen LogP contribution in [-0.4, -0.2) is 17.9 Å². The van der Waals surface area contributed by atoms with Crippen molar-refractivity contribution in [1.82, 2.24) is 4.57 Å². The minimum Gasteiger partial charge on any atom is -0.497 e. The van der Waals surface area contributed by atoms with Crippen LogP contribution in [0.4, 0.5) is 5.69 Å². The molecule has 22 heavy (non-hydrogen) atoms. The molecule has 3 heteroatoms. The number of methoxy groups -OCH3 is 1. The van der Waals surface area contributed by atoms with E-state index in [1.807, 2.05) is 19.3 Å². The van der Waals surface area contributed by atoms with E-state index in [0.717, 1.165) is 22.4 Å². The third-order valence-electron chi connectivity index (χ3n) is 4.00. The van der Waals surface area contributed by atoms with Crippen molar-refractivity contribution in [3.05, 3.63) is 59.3 Å². The molecule has 0 saturated heterocycles. The van der Waals surface area contributed by atoms with Crippen LogP contribution in [0.1, 0.15) is 16.7 Å². The first-order valence-electron chi connectivity index (χ1n) is 7.33. The Kier molecular flexibility index (Phi) is 3.72. The minimum absolute atomic E-state index is 0.862. The van der Waals surface area contributed by atoms with Crippen LogP contribution in [0.2, 0.25) is 0 Å². The standard InChI is InChI=1S/C19H20N2O/c1-13-6-5-7-14(2)19(13)20-11-15-12-21(3)18-9-8-16(22-4)10-17(15)18/h5-12H,1-4H3. The Morgan fingerprint density at radius 2 is 1.82 bits per heavy atom. The fourth-order valence-electron chi connectivity index (χ4n) is 2.77. The molecular formula is C19H20N2O. The van der Waals surface area contributed by atoms with Crippen molar-refractivity contribution in [2.24, 2.45) is 12.0 Å². The van der Waals surface area contributed by atoms with E-state index in [1.165, 1.54) is 16.6 Å². The lowest BCUT2D eigenvalue weighted by atomic mass is 10.1. The highest BCUT2D eigenvalue weighted by Crippen LogP contribution is 2.26. The van der Waals surface area contributed by atoms with Crippen molar-refractivity contribution in [2.75, 3.05) is 7.11 Å². The second-order valence-corrected chi connectivity index (χ2v) is 5.58. The van der Waals surface area contributed by atoms with Gasteiger partial charge in [0.25, 0.3) is 0 Å². The molecule has 0 aliphatic carbocycles. The smallest absolute Gasteiger partial charge is 0.119 e. The molecule has 0 amide bonds. The summed E-state index contributed by atoms with van der Waals surface area (Å²) in [5, 5.41) is 1.15. The molecule has 0 spiro atoms. The lowest BCUT2D eigenvalue weighted by Gasteiger charge is -2.03. The van der Waals surface area contributed by atoms with Crippen molar-refractivity contribution in [1.29, 1.82) is 0 Å². The van der Waals surface area contributed by atoms with Crippen molar-refractivity contribution >= 4 is 22.8 Å². The predicted octanol–water partition coefficient (Wildman–Crippen LogP) is 4.55. The van der Waals surface area contributed by atoms with E-state index in [2.05, 4.69) is 54.9 Å². The van der Waals surface area contributed by atoms with Crippen molar-refractivity contribution < 1.29 is 4.74 Å². The molecule has 2 aromatic carbocycles. The number of aromatic nitrogens is 1. The van der Waals surface area contributed by atoms with E-state index < -0.39 is 0 Å². The van der Waals surface area contributed by atoms with Gasteiger partial charge < -0.3 is 9.30 Å². The summed E-state index contributed by atoms with van der Waals surface area (Å²) in [7, 11) is 3.74. The zero-order valence-corrected chi connectivity index (χ0v) is 13.4. The third kappa shape index (κ3) is 2.50. The summed E-state index contributed by atoms with van der Waals surface area (Å²) < 4.78 is 7.45. The van der Waals surface area contributed by atoms with E-state index in [-0.39, 0.29) is 0 Å². The van der Waals surface area contributed by atoms with E-state index in [9.17, 15) is 0 Å². The molecule has 0 bridgehead atoms. The summed E-state index contributed by atoms with van der Waals surface area (Å²) in [4.78, 5) is 4.72. The summed E-state index contributed by atoms with van der Waals surface area (Å²) in [5.74, 6) is 0.862. The molecule has 0 N–H and O–H groups in total. The third-order valence-corrected chi connectivity index (χ3v) is 4.00. The number of rotatable bonds is 3. The number of aliphatic imine (C=N–C) groups is 1. The maximum Gasteiger partial charge on any atom is 0.119 e. The number of ether oxygens (including phenoxy) is 1. The topological polar surface area (TPSA) is 26.5 Å². The second kappa shape index (κ2) is 5.68. The van der Waals surface area contributed by atoms with Crippen LogP contribution >= 0.6 is 0 Å². The first-order chi connectivity index (χ1) is 10.6. The van der Waals surface area contributed by atoms with Gasteiger partial charge in [-0.2, -0.15) is 0 Å². The van der Waals surface area contributed by atoms with Gasteiger partial charge in [-0.15, -0.1) is 0 Å². The number of benzene rings is 2. The van der Waals surface area contributed by atoms with Crippen LogP contribution < -0.4 is 4.74 Å². The molecule has 3 aromatic rings. The zero-order valence-electron chi connectivity index (χ0n) is 13.4. The van der Waals surface area contributed by atoms with Crippen LogP contribution in [-0.2, 0) is 7.05 Å². The van der Waals surface area contributed by atoms with Crippen LogP contribution in [0.15, 0.2) is 47.6 Å². The summed E-state index contributed by atoms with van der Waals surface area (Å²) in [6.45, 7) is 4.18. The Bertz CT molecular complexity index is 839. The average Bonchev–Trinajstić information content (AvgIpc) is 2.82. The molecular weight excluding hydrogens is 272 g/mol. The van der Waals surface area contributed by atoms with Gasteiger partial charge in [0.1, 0.15) is 5.75 Å². The van der Waals surface area contributed by atoms with E-state index in [4.69, 9.17) is 9.73 Å². The Hall–Kier alpha value is -2.55. The van der Waals surface area contributed by atoms with Gasteiger partial charge in [-0.3, -0.25) is 4.99 Å². The minimum atomic E-state index is 0.862. The van der Waals surface area contributed by atoms with Gasteiger partial charge in [0.2, 0.25) is 0 Å². The Morgan fingerprint density at radius 1 is 1.09 bits per heavy atom. The van der Waals surface area contributed by atoms with Gasteiger partial charge in [-0.25, -0.2) is 0 Å². The monoisotopic (exact) mass is 292 g/mol. The predicted molar refractivity (Wildman–Crippen MR) is 92.6 cm³/mol. The van der Waals surface area contributed by atoms with E-state index in [0.29, 0.717) is 0 Å². The highest BCUT2D eigenvalue weighted by atomic mass is 16.5. The second-order valence-electron chi connectivity index (χ2n) is 5.58. The number of para-hydroxylation sites is 1. The fourth-order valence-corrected chi connectivity index (χ4v) is 2.77. The maximum atomic E-state index is 5.33. The highest BCUT2D eigenvalue weighted by Gasteiger charge is 2.07.